The number of hydrogen-bond donors (Lipinski definition) is 0. The standard InChI is InChI=1S/C14H20IN3O4/c1-14(2,3)22-13(20)17-8-10(5-11(17)12(19)21-4)18-7-9(15)6-16-18/h6-7,10-11H,5,8H2,1-4H3. The number of aromatic nitrogens is 2. The Morgan fingerprint density at radius 2 is 2.09 bits per heavy atom. The second kappa shape index (κ2) is 6.43. The van der Waals surface area contributed by atoms with Gasteiger partial charge >= 0.3 is 12.1 Å². The Morgan fingerprint density at radius 1 is 1.41 bits per heavy atom. The van der Waals surface area contributed by atoms with Crippen LogP contribution in [0.5, 0.6) is 0 Å². The van der Waals surface area contributed by atoms with Crippen LogP contribution in [0.15, 0.2) is 12.4 Å². The normalized spacial score (nSPS) is 21.8. The summed E-state index contributed by atoms with van der Waals surface area (Å²) in [7, 11) is 1.32. The van der Waals surface area contributed by atoms with Crippen LogP contribution in [0.1, 0.15) is 33.2 Å². The molecular weight excluding hydrogens is 401 g/mol. The predicted molar refractivity (Wildman–Crippen MR) is 87.3 cm³/mol. The maximum Gasteiger partial charge on any atom is 0.411 e. The van der Waals surface area contributed by atoms with E-state index >= 15 is 0 Å². The first-order valence-electron chi connectivity index (χ1n) is 6.98. The molecule has 22 heavy (non-hydrogen) atoms. The number of rotatable bonds is 2. The smallest absolute Gasteiger partial charge is 0.411 e. The quantitative estimate of drug-likeness (QED) is 0.541. The number of hydrogen-bond acceptors (Lipinski definition) is 5. The third-order valence-corrected chi connectivity index (χ3v) is 3.88. The van der Waals surface area contributed by atoms with Crippen LogP contribution in [0.4, 0.5) is 4.79 Å². The van der Waals surface area contributed by atoms with Gasteiger partial charge < -0.3 is 9.47 Å². The van der Waals surface area contributed by atoms with Crippen molar-refractivity contribution in [3.8, 4) is 0 Å². The summed E-state index contributed by atoms with van der Waals surface area (Å²) in [6.07, 6.45) is 3.58. The van der Waals surface area contributed by atoms with Gasteiger partial charge in [0.1, 0.15) is 11.6 Å². The summed E-state index contributed by atoms with van der Waals surface area (Å²) >= 11 is 2.17. The maximum atomic E-state index is 12.3. The number of ether oxygens (including phenoxy) is 2. The fourth-order valence-corrected chi connectivity index (χ4v) is 2.81. The molecule has 0 bridgehead atoms. The molecule has 1 aromatic heterocycles. The van der Waals surface area contributed by atoms with Crippen LogP contribution < -0.4 is 0 Å². The van der Waals surface area contributed by atoms with Crippen LogP contribution >= 0.6 is 22.6 Å². The van der Waals surface area contributed by atoms with Crippen LogP contribution in [-0.2, 0) is 14.3 Å². The van der Waals surface area contributed by atoms with Crippen molar-refractivity contribution in [2.45, 2.75) is 44.9 Å². The number of nitrogens with zero attached hydrogens (tertiary/aromatic N) is 3. The van der Waals surface area contributed by atoms with Gasteiger partial charge in [-0.2, -0.15) is 5.10 Å². The van der Waals surface area contributed by atoms with Gasteiger partial charge in [0.05, 0.1) is 22.9 Å². The molecular formula is C14H20IN3O4. The topological polar surface area (TPSA) is 73.7 Å². The average Bonchev–Trinajstić information content (AvgIpc) is 3.01. The highest BCUT2D eigenvalue weighted by Gasteiger charge is 2.43. The fourth-order valence-electron chi connectivity index (χ4n) is 2.40. The Labute approximate surface area is 143 Å². The highest BCUT2D eigenvalue weighted by Crippen LogP contribution is 2.29. The van der Waals surface area contributed by atoms with E-state index < -0.39 is 23.7 Å². The zero-order valence-electron chi connectivity index (χ0n) is 13.1. The van der Waals surface area contributed by atoms with Gasteiger partial charge in [0, 0.05) is 19.2 Å². The van der Waals surface area contributed by atoms with Gasteiger partial charge in [0.25, 0.3) is 0 Å². The van der Waals surface area contributed by atoms with Gasteiger partial charge in [0.15, 0.2) is 0 Å². The molecule has 1 aliphatic heterocycles. The van der Waals surface area contributed by atoms with Gasteiger partial charge in [-0.3, -0.25) is 9.58 Å². The van der Waals surface area contributed by atoms with E-state index in [2.05, 4.69) is 27.7 Å². The van der Waals surface area contributed by atoms with Crippen LogP contribution in [0, 0.1) is 3.57 Å². The van der Waals surface area contributed by atoms with Crippen molar-refractivity contribution in [2.75, 3.05) is 13.7 Å². The lowest BCUT2D eigenvalue weighted by Crippen LogP contribution is -2.43. The highest BCUT2D eigenvalue weighted by atomic mass is 127. The molecule has 1 amide bonds. The lowest BCUT2D eigenvalue weighted by Gasteiger charge is -2.27. The molecule has 0 saturated carbocycles. The summed E-state index contributed by atoms with van der Waals surface area (Å²) in [6, 6.07) is -0.716. The molecule has 0 spiro atoms. The van der Waals surface area contributed by atoms with E-state index in [1.807, 2.05) is 6.20 Å². The maximum absolute atomic E-state index is 12.3. The molecule has 0 aliphatic carbocycles. The van der Waals surface area contributed by atoms with E-state index in [9.17, 15) is 9.59 Å². The molecule has 1 aliphatic rings. The molecule has 2 atom stereocenters. The Kier molecular flexibility index (Phi) is 4.98. The number of carbonyl (C=O) groups is 2. The van der Waals surface area contributed by atoms with Crippen LogP contribution in [0.3, 0.4) is 0 Å². The zero-order valence-corrected chi connectivity index (χ0v) is 15.2. The molecule has 8 heteroatoms. The first-order valence-corrected chi connectivity index (χ1v) is 8.06. The average molecular weight is 421 g/mol. The summed E-state index contributed by atoms with van der Waals surface area (Å²) in [5.41, 5.74) is -0.614. The van der Waals surface area contributed by atoms with Gasteiger partial charge in [-0.05, 0) is 43.4 Å². The van der Waals surface area contributed by atoms with Crippen molar-refractivity contribution in [3.63, 3.8) is 0 Å². The van der Waals surface area contributed by atoms with E-state index in [-0.39, 0.29) is 6.04 Å². The van der Waals surface area contributed by atoms with E-state index in [1.165, 1.54) is 12.0 Å². The summed E-state index contributed by atoms with van der Waals surface area (Å²) in [5.74, 6) is -0.435. The monoisotopic (exact) mass is 421 g/mol. The number of methoxy groups -OCH3 is 1. The second-order valence-corrected chi connectivity index (χ2v) is 7.45. The summed E-state index contributed by atoms with van der Waals surface area (Å²) in [4.78, 5) is 25.7. The molecule has 7 nitrogen and oxygen atoms in total. The third-order valence-electron chi connectivity index (χ3n) is 3.32. The predicted octanol–water partition coefficient (Wildman–Crippen LogP) is 2.21. The minimum atomic E-state index is -0.647. The lowest BCUT2D eigenvalue weighted by atomic mass is 10.2. The van der Waals surface area contributed by atoms with Gasteiger partial charge in [-0.25, -0.2) is 9.59 Å². The Bertz CT molecular complexity index is 567. The first kappa shape index (κ1) is 17.0. The van der Waals surface area contributed by atoms with Crippen molar-refractivity contribution in [1.82, 2.24) is 14.7 Å². The van der Waals surface area contributed by atoms with E-state index in [4.69, 9.17) is 9.47 Å². The Morgan fingerprint density at radius 3 is 2.59 bits per heavy atom. The van der Waals surface area contributed by atoms with Crippen molar-refractivity contribution >= 4 is 34.7 Å². The Balaban J connectivity index is 2.18. The molecule has 1 fully saturated rings. The largest absolute Gasteiger partial charge is 0.467 e. The third kappa shape index (κ3) is 3.90. The minimum Gasteiger partial charge on any atom is -0.467 e. The van der Waals surface area contributed by atoms with Gasteiger partial charge in [0.2, 0.25) is 0 Å². The summed E-state index contributed by atoms with van der Waals surface area (Å²) < 4.78 is 13.0. The van der Waals surface area contributed by atoms with Crippen molar-refractivity contribution in [1.29, 1.82) is 0 Å². The number of halogens is 1. The molecule has 2 rings (SSSR count). The minimum absolute atomic E-state index is 0.0693. The number of carbonyl (C=O) groups excluding carboxylic acids is 2. The molecule has 2 heterocycles. The first-order chi connectivity index (χ1) is 10.2. The SMILES string of the molecule is COC(=O)C1CC(n2cc(I)cn2)CN1C(=O)OC(C)(C)C. The molecule has 0 radical (unpaired) electrons. The lowest BCUT2D eigenvalue weighted by molar-refractivity contribution is -0.145. The van der Waals surface area contributed by atoms with Crippen LogP contribution in [0.25, 0.3) is 0 Å². The summed E-state index contributed by atoms with van der Waals surface area (Å²) in [5, 5.41) is 4.26. The van der Waals surface area contributed by atoms with E-state index in [0.717, 1.165) is 3.57 Å². The second-order valence-electron chi connectivity index (χ2n) is 6.20. The molecule has 122 valence electrons. The van der Waals surface area contributed by atoms with Gasteiger partial charge in [-0.1, -0.05) is 0 Å². The number of amides is 1. The fraction of sp³-hybridized carbons (Fsp3) is 0.643. The van der Waals surface area contributed by atoms with Crippen molar-refractivity contribution in [3.05, 3.63) is 16.0 Å². The molecule has 1 saturated heterocycles. The molecule has 0 N–H and O–H groups in total. The molecule has 0 aromatic carbocycles. The highest BCUT2D eigenvalue weighted by molar-refractivity contribution is 14.1. The molecule has 2 unspecified atom stereocenters. The van der Waals surface area contributed by atoms with Crippen LogP contribution in [-0.4, -0.2) is 52.0 Å². The zero-order chi connectivity index (χ0) is 16.5. The molecule has 1 aromatic rings. The number of likely N-dealkylation sites (tertiary alicyclic amines) is 1. The number of esters is 1. The van der Waals surface area contributed by atoms with Crippen molar-refractivity contribution < 1.29 is 19.1 Å². The van der Waals surface area contributed by atoms with Crippen molar-refractivity contribution in [2.24, 2.45) is 0 Å². The van der Waals surface area contributed by atoms with Gasteiger partial charge in [-0.15, -0.1) is 0 Å². The Hall–Kier alpha value is -1.32. The summed E-state index contributed by atoms with van der Waals surface area (Å²) in [6.45, 7) is 5.75. The van der Waals surface area contributed by atoms with E-state index in [1.54, 1.807) is 31.6 Å². The van der Waals surface area contributed by atoms with E-state index in [0.29, 0.717) is 13.0 Å². The van der Waals surface area contributed by atoms with Crippen LogP contribution in [0.2, 0.25) is 0 Å².